The van der Waals surface area contributed by atoms with Crippen molar-refractivity contribution in [1.82, 2.24) is 15.0 Å². The van der Waals surface area contributed by atoms with E-state index in [-0.39, 0.29) is 5.41 Å². The molecular weight excluding hydrogens is 643 g/mol. The summed E-state index contributed by atoms with van der Waals surface area (Å²) in [6, 6.07) is 58.7. The molecule has 0 aliphatic heterocycles. The third-order valence-corrected chi connectivity index (χ3v) is 11.0. The van der Waals surface area contributed by atoms with E-state index in [1.54, 1.807) is 6.20 Å². The van der Waals surface area contributed by atoms with E-state index in [0.29, 0.717) is 5.82 Å². The van der Waals surface area contributed by atoms with Gasteiger partial charge in [0.2, 0.25) is 0 Å². The Bertz CT molecular complexity index is 2840. The zero-order valence-corrected chi connectivity index (χ0v) is 29.6. The van der Waals surface area contributed by atoms with Crippen LogP contribution in [0.15, 0.2) is 176 Å². The van der Waals surface area contributed by atoms with Crippen LogP contribution in [0.5, 0.6) is 0 Å². The van der Waals surface area contributed by atoms with E-state index in [1.807, 2.05) is 30.5 Å². The van der Waals surface area contributed by atoms with Crippen molar-refractivity contribution in [1.29, 1.82) is 0 Å². The zero-order valence-electron chi connectivity index (χ0n) is 29.6. The summed E-state index contributed by atoms with van der Waals surface area (Å²) in [6.07, 6.45) is 3.70. The second-order valence-electron chi connectivity index (χ2n) is 14.5. The summed E-state index contributed by atoms with van der Waals surface area (Å²) in [4.78, 5) is 14.7. The van der Waals surface area contributed by atoms with Crippen LogP contribution in [-0.4, -0.2) is 15.0 Å². The highest BCUT2D eigenvalue weighted by Gasteiger charge is 2.37. The molecule has 0 spiro atoms. The van der Waals surface area contributed by atoms with Gasteiger partial charge in [-0.2, -0.15) is 0 Å². The Balaban J connectivity index is 1.15. The van der Waals surface area contributed by atoms with Crippen molar-refractivity contribution in [2.24, 2.45) is 0 Å². The summed E-state index contributed by atoms with van der Waals surface area (Å²) in [5.74, 6) is 0.703. The third kappa shape index (κ3) is 5.16. The Labute approximate surface area is 309 Å². The predicted molar refractivity (Wildman–Crippen MR) is 220 cm³/mol. The molecule has 53 heavy (non-hydrogen) atoms. The summed E-state index contributed by atoms with van der Waals surface area (Å²) in [5, 5.41) is 4.92. The van der Waals surface area contributed by atoms with Crippen LogP contribution in [0.1, 0.15) is 25.0 Å². The Kier molecular flexibility index (Phi) is 7.16. The van der Waals surface area contributed by atoms with Crippen molar-refractivity contribution >= 4 is 21.5 Å². The van der Waals surface area contributed by atoms with Crippen LogP contribution in [0.2, 0.25) is 0 Å². The maximum Gasteiger partial charge on any atom is 0.160 e. The molecule has 0 saturated heterocycles. The van der Waals surface area contributed by atoms with Gasteiger partial charge in [0.25, 0.3) is 0 Å². The van der Waals surface area contributed by atoms with Crippen LogP contribution in [-0.2, 0) is 5.41 Å². The van der Waals surface area contributed by atoms with E-state index in [1.165, 1.54) is 49.5 Å². The molecule has 0 amide bonds. The van der Waals surface area contributed by atoms with Crippen molar-refractivity contribution in [3.05, 3.63) is 187 Å². The van der Waals surface area contributed by atoms with Crippen molar-refractivity contribution in [3.8, 4) is 67.3 Å². The number of aromatic nitrogens is 3. The lowest BCUT2D eigenvalue weighted by Crippen LogP contribution is -2.14. The van der Waals surface area contributed by atoms with E-state index in [4.69, 9.17) is 9.97 Å². The number of fused-ring (bicyclic) bond motifs is 5. The van der Waals surface area contributed by atoms with E-state index < -0.39 is 0 Å². The number of pyridine rings is 1. The van der Waals surface area contributed by atoms with Gasteiger partial charge in [-0.3, -0.25) is 4.98 Å². The first kappa shape index (κ1) is 31.1. The van der Waals surface area contributed by atoms with Gasteiger partial charge in [0, 0.05) is 34.5 Å². The number of benzene rings is 7. The van der Waals surface area contributed by atoms with Gasteiger partial charge in [-0.15, -0.1) is 0 Å². The van der Waals surface area contributed by atoms with Crippen LogP contribution < -0.4 is 0 Å². The Morgan fingerprint density at radius 1 is 0.415 bits per heavy atom. The van der Waals surface area contributed by atoms with E-state index in [0.717, 1.165) is 44.6 Å². The van der Waals surface area contributed by atoms with Gasteiger partial charge in [-0.05, 0) is 90.3 Å². The molecule has 9 aromatic rings. The van der Waals surface area contributed by atoms with Gasteiger partial charge in [0.05, 0.1) is 11.4 Å². The lowest BCUT2D eigenvalue weighted by atomic mass is 9.81. The van der Waals surface area contributed by atoms with Crippen LogP contribution >= 0.6 is 0 Å². The Hall–Kier alpha value is -6.71. The molecule has 0 radical (unpaired) electrons. The van der Waals surface area contributed by atoms with E-state index in [2.05, 4.69) is 158 Å². The Morgan fingerprint density at radius 2 is 1.08 bits per heavy atom. The van der Waals surface area contributed by atoms with Gasteiger partial charge in [-0.1, -0.05) is 153 Å². The average Bonchev–Trinajstić information content (AvgIpc) is 3.45. The molecule has 2 heterocycles. The highest BCUT2D eigenvalue weighted by Crippen LogP contribution is 2.54. The molecule has 0 saturated carbocycles. The van der Waals surface area contributed by atoms with E-state index >= 15 is 0 Å². The molecule has 0 fully saturated rings. The van der Waals surface area contributed by atoms with Gasteiger partial charge in [0.1, 0.15) is 0 Å². The fraction of sp³-hybridized carbons (Fsp3) is 0.0600. The minimum absolute atomic E-state index is 0.109. The zero-order chi connectivity index (χ0) is 35.5. The first-order valence-corrected chi connectivity index (χ1v) is 18.2. The lowest BCUT2D eigenvalue weighted by molar-refractivity contribution is 0.661. The number of rotatable bonds is 5. The van der Waals surface area contributed by atoms with Crippen LogP contribution in [0.3, 0.4) is 0 Å². The largest absolute Gasteiger partial charge is 0.264 e. The van der Waals surface area contributed by atoms with Gasteiger partial charge in [0.15, 0.2) is 5.82 Å². The first-order chi connectivity index (χ1) is 26.0. The van der Waals surface area contributed by atoms with Crippen LogP contribution in [0.4, 0.5) is 0 Å². The van der Waals surface area contributed by atoms with Gasteiger partial charge in [-0.25, -0.2) is 9.97 Å². The molecule has 2 aromatic heterocycles. The van der Waals surface area contributed by atoms with E-state index in [9.17, 15) is 0 Å². The highest BCUT2D eigenvalue weighted by molar-refractivity contribution is 6.08. The number of hydrogen-bond donors (Lipinski definition) is 0. The SMILES string of the molecule is CC1(C)c2cc3ccccc3cc2-c2c(-c3ccc(-c4cc(-c5ccc(-c6cccnc6)cc5)nc(-c5ccccc5)n4)c4ccccc34)cccc21. The molecular formula is C50H35N3. The quantitative estimate of drug-likeness (QED) is 0.182. The van der Waals surface area contributed by atoms with Crippen molar-refractivity contribution in [2.75, 3.05) is 0 Å². The van der Waals surface area contributed by atoms with Crippen LogP contribution in [0.25, 0.3) is 88.8 Å². The molecule has 3 heteroatoms. The fourth-order valence-electron chi connectivity index (χ4n) is 8.27. The molecule has 1 aliphatic carbocycles. The molecule has 10 rings (SSSR count). The van der Waals surface area contributed by atoms with Crippen molar-refractivity contribution in [3.63, 3.8) is 0 Å². The minimum Gasteiger partial charge on any atom is -0.264 e. The third-order valence-electron chi connectivity index (χ3n) is 11.0. The number of nitrogens with zero attached hydrogens (tertiary/aromatic N) is 3. The second kappa shape index (κ2) is 12.2. The second-order valence-corrected chi connectivity index (χ2v) is 14.5. The maximum absolute atomic E-state index is 5.23. The normalized spacial score (nSPS) is 12.9. The summed E-state index contributed by atoms with van der Waals surface area (Å²) < 4.78 is 0. The molecule has 7 aromatic carbocycles. The monoisotopic (exact) mass is 677 g/mol. The standard InChI is InChI=1S/C50H35N3/c1-50(2)44-20-10-19-42(48(44)43-28-35-14-6-7-15-36(35)29-45(43)50)40-25-26-41(39-18-9-8-17-38(39)40)47-30-46(52-49(53-47)34-12-4-3-5-13-34)33-23-21-32(22-24-33)37-16-11-27-51-31-37/h3-31H,1-2H3. The number of hydrogen-bond acceptors (Lipinski definition) is 3. The Morgan fingerprint density at radius 3 is 1.85 bits per heavy atom. The fourth-order valence-corrected chi connectivity index (χ4v) is 8.27. The topological polar surface area (TPSA) is 38.7 Å². The molecule has 3 nitrogen and oxygen atoms in total. The summed E-state index contributed by atoms with van der Waals surface area (Å²) in [6.45, 7) is 4.72. The predicted octanol–water partition coefficient (Wildman–Crippen LogP) is 12.8. The van der Waals surface area contributed by atoms with Crippen molar-refractivity contribution in [2.45, 2.75) is 19.3 Å². The lowest BCUT2D eigenvalue weighted by Gasteiger charge is -2.22. The maximum atomic E-state index is 5.23. The first-order valence-electron chi connectivity index (χ1n) is 18.2. The highest BCUT2D eigenvalue weighted by atomic mass is 14.9. The molecule has 0 N–H and O–H groups in total. The van der Waals surface area contributed by atoms with Gasteiger partial charge < -0.3 is 0 Å². The van der Waals surface area contributed by atoms with Gasteiger partial charge >= 0.3 is 0 Å². The van der Waals surface area contributed by atoms with Crippen molar-refractivity contribution < 1.29 is 0 Å². The average molecular weight is 678 g/mol. The molecule has 0 bridgehead atoms. The summed E-state index contributed by atoms with van der Waals surface area (Å²) in [7, 11) is 0. The van der Waals surface area contributed by atoms with Crippen LogP contribution in [0, 0.1) is 0 Å². The molecule has 250 valence electrons. The molecule has 0 unspecified atom stereocenters. The molecule has 0 atom stereocenters. The summed E-state index contributed by atoms with van der Waals surface area (Å²) in [5.41, 5.74) is 14.9. The minimum atomic E-state index is -0.109. The molecule has 1 aliphatic rings. The smallest absolute Gasteiger partial charge is 0.160 e. The summed E-state index contributed by atoms with van der Waals surface area (Å²) >= 11 is 0.